The van der Waals surface area contributed by atoms with Crippen molar-refractivity contribution in [1.29, 1.82) is 0 Å². The zero-order valence-corrected chi connectivity index (χ0v) is 14.6. The smallest absolute Gasteiger partial charge is 0.191 e. The average molecular weight is 285 g/mol. The van der Waals surface area contributed by atoms with Gasteiger partial charge in [-0.3, -0.25) is 0 Å². The lowest BCUT2D eigenvalue weighted by Gasteiger charge is -2.36. The highest BCUT2D eigenvalue weighted by Crippen LogP contribution is 2.36. The SMILES string of the molecule is C=CC(CCCO[Si](C)(C)C(C)(C)C)C(O)/C=C/C. The Balaban J connectivity index is 4.13. The molecule has 2 nitrogen and oxygen atoms in total. The minimum Gasteiger partial charge on any atom is -0.417 e. The third kappa shape index (κ3) is 6.55. The molecule has 0 aliphatic rings. The van der Waals surface area contributed by atoms with E-state index >= 15 is 0 Å². The molecule has 19 heavy (non-hydrogen) atoms. The van der Waals surface area contributed by atoms with Crippen LogP contribution in [0, 0.1) is 5.92 Å². The van der Waals surface area contributed by atoms with Crippen LogP contribution in [0.3, 0.4) is 0 Å². The first-order valence-electron chi connectivity index (χ1n) is 7.23. The second kappa shape index (κ2) is 8.03. The molecular formula is C16H32O2Si. The van der Waals surface area contributed by atoms with E-state index < -0.39 is 14.4 Å². The second-order valence-electron chi connectivity index (χ2n) is 6.67. The normalized spacial score (nSPS) is 16.6. The first-order valence-corrected chi connectivity index (χ1v) is 10.1. The van der Waals surface area contributed by atoms with E-state index in [0.717, 1.165) is 19.4 Å². The summed E-state index contributed by atoms with van der Waals surface area (Å²) in [5, 5.41) is 10.2. The predicted octanol–water partition coefficient (Wildman–Crippen LogP) is 4.53. The molecule has 0 radical (unpaired) electrons. The second-order valence-corrected chi connectivity index (χ2v) is 11.5. The standard InChI is InChI=1S/C16H32O2Si/c1-8-11-15(17)14(9-2)12-10-13-18-19(6,7)16(3,4)5/h8-9,11,14-15,17H,2,10,12-13H2,1,3-7H3/b11-8+. The molecule has 0 aromatic rings. The summed E-state index contributed by atoms with van der Waals surface area (Å²) in [6.45, 7) is 17.8. The van der Waals surface area contributed by atoms with Crippen molar-refractivity contribution in [1.82, 2.24) is 0 Å². The maximum absolute atomic E-state index is 9.91. The van der Waals surface area contributed by atoms with Gasteiger partial charge in [0, 0.05) is 12.5 Å². The Bertz CT molecular complexity index is 290. The fourth-order valence-corrected chi connectivity index (χ4v) is 2.72. The number of hydrogen-bond acceptors (Lipinski definition) is 2. The van der Waals surface area contributed by atoms with Crippen molar-refractivity contribution >= 4 is 8.32 Å². The number of aliphatic hydroxyl groups is 1. The van der Waals surface area contributed by atoms with E-state index in [1.54, 1.807) is 0 Å². The third-order valence-corrected chi connectivity index (χ3v) is 8.62. The molecule has 0 aromatic carbocycles. The van der Waals surface area contributed by atoms with E-state index in [-0.39, 0.29) is 11.0 Å². The van der Waals surface area contributed by atoms with Crippen molar-refractivity contribution in [2.75, 3.05) is 6.61 Å². The van der Waals surface area contributed by atoms with Crippen LogP contribution < -0.4 is 0 Å². The Kier molecular flexibility index (Phi) is 7.87. The zero-order valence-electron chi connectivity index (χ0n) is 13.6. The minimum absolute atomic E-state index is 0.124. The lowest BCUT2D eigenvalue weighted by atomic mass is 9.97. The van der Waals surface area contributed by atoms with Gasteiger partial charge < -0.3 is 9.53 Å². The van der Waals surface area contributed by atoms with Crippen molar-refractivity contribution in [2.24, 2.45) is 5.92 Å². The number of allylic oxidation sites excluding steroid dienone is 1. The Hall–Kier alpha value is -0.383. The van der Waals surface area contributed by atoms with E-state index in [1.165, 1.54) is 0 Å². The first-order chi connectivity index (χ1) is 8.65. The van der Waals surface area contributed by atoms with Crippen LogP contribution in [0.2, 0.25) is 18.1 Å². The van der Waals surface area contributed by atoms with Gasteiger partial charge in [-0.2, -0.15) is 0 Å². The lowest BCUT2D eigenvalue weighted by Crippen LogP contribution is -2.41. The van der Waals surface area contributed by atoms with Gasteiger partial charge in [0.1, 0.15) is 0 Å². The molecule has 0 amide bonds. The molecule has 2 atom stereocenters. The molecule has 0 saturated heterocycles. The van der Waals surface area contributed by atoms with E-state index in [1.807, 2.05) is 25.2 Å². The summed E-state index contributed by atoms with van der Waals surface area (Å²) in [4.78, 5) is 0. The fourth-order valence-electron chi connectivity index (χ4n) is 1.63. The highest BCUT2D eigenvalue weighted by Gasteiger charge is 2.36. The fraction of sp³-hybridized carbons (Fsp3) is 0.750. The molecule has 0 saturated carbocycles. The van der Waals surface area contributed by atoms with Crippen molar-refractivity contribution < 1.29 is 9.53 Å². The van der Waals surface area contributed by atoms with Gasteiger partial charge >= 0.3 is 0 Å². The molecule has 0 heterocycles. The molecule has 0 aliphatic carbocycles. The van der Waals surface area contributed by atoms with E-state index in [0.29, 0.717) is 0 Å². The summed E-state index contributed by atoms with van der Waals surface area (Å²) in [7, 11) is -1.63. The lowest BCUT2D eigenvalue weighted by molar-refractivity contribution is 0.164. The molecule has 2 unspecified atom stereocenters. The molecule has 0 aromatic heterocycles. The van der Waals surface area contributed by atoms with Crippen LogP contribution in [-0.2, 0) is 4.43 Å². The molecule has 0 aliphatic heterocycles. The first kappa shape index (κ1) is 18.6. The number of rotatable bonds is 8. The zero-order chi connectivity index (χ0) is 15.1. The van der Waals surface area contributed by atoms with Crippen molar-refractivity contribution in [3.05, 3.63) is 24.8 Å². The number of aliphatic hydroxyl groups excluding tert-OH is 1. The Morgan fingerprint density at radius 2 is 1.89 bits per heavy atom. The highest BCUT2D eigenvalue weighted by atomic mass is 28.4. The van der Waals surface area contributed by atoms with Gasteiger partial charge in [-0.15, -0.1) is 6.58 Å². The van der Waals surface area contributed by atoms with Gasteiger partial charge in [-0.05, 0) is 37.9 Å². The minimum atomic E-state index is -1.63. The highest BCUT2D eigenvalue weighted by molar-refractivity contribution is 6.74. The van der Waals surface area contributed by atoms with Crippen LogP contribution in [0.5, 0.6) is 0 Å². The van der Waals surface area contributed by atoms with Gasteiger partial charge in [0.2, 0.25) is 0 Å². The average Bonchev–Trinajstić information content (AvgIpc) is 2.27. The van der Waals surface area contributed by atoms with Crippen LogP contribution in [0.4, 0.5) is 0 Å². The molecule has 0 spiro atoms. The van der Waals surface area contributed by atoms with Crippen molar-refractivity contribution in [3.63, 3.8) is 0 Å². The van der Waals surface area contributed by atoms with Crippen LogP contribution >= 0.6 is 0 Å². The molecule has 0 rings (SSSR count). The molecule has 112 valence electrons. The van der Waals surface area contributed by atoms with Gasteiger partial charge in [0.05, 0.1) is 6.10 Å². The third-order valence-electron chi connectivity index (χ3n) is 4.08. The van der Waals surface area contributed by atoms with Crippen LogP contribution in [-0.4, -0.2) is 26.1 Å². The van der Waals surface area contributed by atoms with E-state index in [4.69, 9.17) is 4.43 Å². The molecule has 0 bridgehead atoms. The maximum Gasteiger partial charge on any atom is 0.191 e. The summed E-state index contributed by atoms with van der Waals surface area (Å²) in [6.07, 6.45) is 7.02. The Morgan fingerprint density at radius 3 is 2.32 bits per heavy atom. The van der Waals surface area contributed by atoms with Gasteiger partial charge in [0.25, 0.3) is 0 Å². The monoisotopic (exact) mass is 284 g/mol. The summed E-state index contributed by atoms with van der Waals surface area (Å²) in [5.41, 5.74) is 0. The van der Waals surface area contributed by atoms with Gasteiger partial charge in [0.15, 0.2) is 8.32 Å². The van der Waals surface area contributed by atoms with E-state index in [2.05, 4.69) is 40.4 Å². The predicted molar refractivity (Wildman–Crippen MR) is 86.9 cm³/mol. The summed E-state index contributed by atoms with van der Waals surface area (Å²) < 4.78 is 6.13. The van der Waals surface area contributed by atoms with Crippen LogP contribution in [0.25, 0.3) is 0 Å². The topological polar surface area (TPSA) is 29.5 Å². The summed E-state index contributed by atoms with van der Waals surface area (Å²) in [5.74, 6) is 0.124. The summed E-state index contributed by atoms with van der Waals surface area (Å²) >= 11 is 0. The molecule has 1 N–H and O–H groups in total. The molecular weight excluding hydrogens is 252 g/mol. The maximum atomic E-state index is 9.91. The van der Waals surface area contributed by atoms with Crippen LogP contribution in [0.1, 0.15) is 40.5 Å². The Labute approximate surface area is 120 Å². The van der Waals surface area contributed by atoms with Gasteiger partial charge in [-0.25, -0.2) is 0 Å². The Morgan fingerprint density at radius 1 is 1.32 bits per heavy atom. The molecule has 0 fully saturated rings. The summed E-state index contributed by atoms with van der Waals surface area (Å²) in [6, 6.07) is 0. The quantitative estimate of drug-likeness (QED) is 0.403. The van der Waals surface area contributed by atoms with E-state index in [9.17, 15) is 5.11 Å². The van der Waals surface area contributed by atoms with Crippen LogP contribution in [0.15, 0.2) is 24.8 Å². The van der Waals surface area contributed by atoms with Crippen molar-refractivity contribution in [3.8, 4) is 0 Å². The molecule has 3 heteroatoms. The van der Waals surface area contributed by atoms with Gasteiger partial charge in [-0.1, -0.05) is 39.0 Å². The van der Waals surface area contributed by atoms with Crippen molar-refractivity contribution in [2.45, 2.75) is 64.8 Å². The number of hydrogen-bond donors (Lipinski definition) is 1. The largest absolute Gasteiger partial charge is 0.417 e.